The molecule has 2 atom stereocenters. The average Bonchev–Trinajstić information content (AvgIpc) is 3.45. The van der Waals surface area contributed by atoms with Crippen LogP contribution in [0.3, 0.4) is 0 Å². The third-order valence-corrected chi connectivity index (χ3v) is 11.4. The van der Waals surface area contributed by atoms with Crippen molar-refractivity contribution in [1.82, 2.24) is 0 Å². The van der Waals surface area contributed by atoms with E-state index >= 15 is 17.6 Å². The Morgan fingerprint density at radius 3 is 1.27 bits per heavy atom. The van der Waals surface area contributed by atoms with E-state index in [1.807, 2.05) is 116 Å². The van der Waals surface area contributed by atoms with E-state index in [0.717, 1.165) is 12.1 Å². The Bertz CT molecular complexity index is 2070. The van der Waals surface area contributed by atoms with Gasteiger partial charge in [0.25, 0.3) is 10.1 Å². The number of hydrogen-bond acceptors (Lipinski definition) is 2. The van der Waals surface area contributed by atoms with Crippen LogP contribution in [-0.4, -0.2) is 0 Å². The fourth-order valence-electron chi connectivity index (χ4n) is 6.88. The van der Waals surface area contributed by atoms with E-state index in [1.54, 1.807) is 0 Å². The largest absolute Gasteiger partial charge is 0.450 e. The minimum atomic E-state index is -1.19. The molecule has 4 aromatic heterocycles. The second kappa shape index (κ2) is 8.99. The van der Waals surface area contributed by atoms with Crippen LogP contribution >= 0.6 is 23.5 Å². The maximum absolute atomic E-state index is 15.7. The average molecular weight is 625 g/mol. The molecule has 0 saturated heterocycles. The SMILES string of the molecule is Fc1cc(F)c2c(c1)[C@@]1(Sc3cccc[n+]3[C@@]3(Sc4cccc[n+]41)c1cc(F)cc(F)c1-c1cccc[n+]13)[n+]1ccccc1-2. The van der Waals surface area contributed by atoms with Crippen molar-refractivity contribution in [3.8, 4) is 22.5 Å². The summed E-state index contributed by atoms with van der Waals surface area (Å²) in [5.41, 5.74) is 2.75. The highest BCUT2D eigenvalue weighted by molar-refractivity contribution is 8.00. The highest BCUT2D eigenvalue weighted by atomic mass is 32.2. The van der Waals surface area contributed by atoms with E-state index < -0.39 is 33.3 Å². The molecule has 4 nitrogen and oxygen atoms in total. The van der Waals surface area contributed by atoms with Gasteiger partial charge in [0, 0.05) is 60.7 Å². The fourth-order valence-corrected chi connectivity index (χ4v) is 10.0. The first kappa shape index (κ1) is 25.9. The van der Waals surface area contributed by atoms with Crippen molar-refractivity contribution in [1.29, 1.82) is 0 Å². The zero-order valence-electron chi connectivity index (χ0n) is 22.7. The fraction of sp³-hybridized carbons (Fsp3) is 0.0588. The van der Waals surface area contributed by atoms with E-state index in [9.17, 15) is 0 Å². The van der Waals surface area contributed by atoms with Crippen molar-refractivity contribution in [2.24, 2.45) is 0 Å². The molecule has 3 aliphatic rings. The molecule has 9 rings (SSSR count). The van der Waals surface area contributed by atoms with Crippen LogP contribution in [0.15, 0.2) is 132 Å². The van der Waals surface area contributed by atoms with Crippen LogP contribution < -0.4 is 18.3 Å². The standard InChI is InChI=1S/C34H20F4N4S2/c35-21-17-23-31(25(37)19-21)27-9-1-5-13-39(27)33(23)41-15-7-3-11-29(41)44-34(42-16-8-4-12-30(42)43-33)24-18-22(36)20-26(38)32(24)28-10-2-6-14-40(28)34/h1-20H/q+4/t33-,34-/m1/s1. The lowest BCUT2D eigenvalue weighted by Crippen LogP contribution is -2.76. The van der Waals surface area contributed by atoms with Crippen LogP contribution in [0.1, 0.15) is 11.1 Å². The highest BCUT2D eigenvalue weighted by Gasteiger charge is 2.71. The van der Waals surface area contributed by atoms with E-state index in [-0.39, 0.29) is 0 Å². The lowest BCUT2D eigenvalue weighted by atomic mass is 10.0. The molecule has 0 aliphatic carbocycles. The summed E-state index contributed by atoms with van der Waals surface area (Å²) in [6.45, 7) is 0. The topological polar surface area (TPSA) is 15.5 Å². The number of rotatable bonds is 0. The van der Waals surface area contributed by atoms with Crippen LogP contribution in [0.4, 0.5) is 17.6 Å². The van der Waals surface area contributed by atoms with Gasteiger partial charge in [-0.05, 0) is 36.4 Å². The second-order valence-corrected chi connectivity index (χ2v) is 13.2. The monoisotopic (exact) mass is 624 g/mol. The molecule has 6 aromatic rings. The molecule has 44 heavy (non-hydrogen) atoms. The minimum Gasteiger partial charge on any atom is -0.207 e. The van der Waals surface area contributed by atoms with E-state index in [2.05, 4.69) is 0 Å². The Hall–Kier alpha value is -4.54. The summed E-state index contributed by atoms with van der Waals surface area (Å²) >= 11 is 2.81. The Kier molecular flexibility index (Phi) is 5.30. The maximum atomic E-state index is 15.7. The van der Waals surface area contributed by atoms with E-state index in [0.29, 0.717) is 43.7 Å². The quantitative estimate of drug-likeness (QED) is 0.160. The maximum Gasteiger partial charge on any atom is 0.450 e. The number of fused-ring (bicyclic) bond motifs is 14. The van der Waals surface area contributed by atoms with Gasteiger partial charge in [-0.3, -0.25) is 0 Å². The normalized spacial score (nSPS) is 20.3. The summed E-state index contributed by atoms with van der Waals surface area (Å²) in [5.74, 6) is -2.66. The third-order valence-electron chi connectivity index (χ3n) is 8.49. The van der Waals surface area contributed by atoms with Crippen molar-refractivity contribution in [3.05, 3.63) is 156 Å². The third kappa shape index (κ3) is 3.16. The summed E-state index contributed by atoms with van der Waals surface area (Å²) in [6, 6.07) is 27.1. The molecule has 0 amide bonds. The summed E-state index contributed by atoms with van der Waals surface area (Å²) in [5, 5.41) is 1.42. The molecule has 212 valence electrons. The molecule has 10 heteroatoms. The molecule has 2 spiro atoms. The number of nitrogens with zero attached hydrogens (tertiary/aromatic N) is 4. The first-order valence-electron chi connectivity index (χ1n) is 13.9. The van der Waals surface area contributed by atoms with Gasteiger partial charge in [0.05, 0.1) is 0 Å². The van der Waals surface area contributed by atoms with Gasteiger partial charge in [0.2, 0.25) is 11.4 Å². The van der Waals surface area contributed by atoms with Gasteiger partial charge < -0.3 is 0 Å². The van der Waals surface area contributed by atoms with Crippen LogP contribution in [0.5, 0.6) is 0 Å². The van der Waals surface area contributed by atoms with Crippen molar-refractivity contribution < 1.29 is 35.8 Å². The van der Waals surface area contributed by atoms with Crippen LogP contribution in [0.25, 0.3) is 22.5 Å². The zero-order chi connectivity index (χ0) is 29.8. The second-order valence-electron chi connectivity index (χ2n) is 10.8. The molecule has 7 heterocycles. The lowest BCUT2D eigenvalue weighted by Gasteiger charge is -2.26. The molecular formula is C34H20F4N4S2+4. The van der Waals surface area contributed by atoms with Crippen LogP contribution in [-0.2, 0) is 9.99 Å². The van der Waals surface area contributed by atoms with Gasteiger partial charge in [-0.15, -0.1) is 18.3 Å². The van der Waals surface area contributed by atoms with Gasteiger partial charge in [-0.25, -0.2) is 17.6 Å². The number of pyridine rings is 4. The van der Waals surface area contributed by atoms with Gasteiger partial charge in [-0.1, -0.05) is 0 Å². The smallest absolute Gasteiger partial charge is 0.207 e. The van der Waals surface area contributed by atoms with Gasteiger partial charge in [-0.2, -0.15) is 0 Å². The Morgan fingerprint density at radius 2 is 0.841 bits per heavy atom. The summed E-state index contributed by atoms with van der Waals surface area (Å²) in [4.78, 5) is -2.38. The molecule has 2 aromatic carbocycles. The van der Waals surface area contributed by atoms with Crippen molar-refractivity contribution >= 4 is 23.5 Å². The predicted molar refractivity (Wildman–Crippen MR) is 154 cm³/mol. The van der Waals surface area contributed by atoms with Crippen molar-refractivity contribution in [3.63, 3.8) is 0 Å². The molecule has 3 aliphatic heterocycles. The first-order chi connectivity index (χ1) is 21.4. The van der Waals surface area contributed by atoms with E-state index in [1.165, 1.54) is 35.7 Å². The van der Waals surface area contributed by atoms with Crippen molar-refractivity contribution in [2.45, 2.75) is 20.0 Å². The van der Waals surface area contributed by atoms with E-state index in [4.69, 9.17) is 0 Å². The lowest BCUT2D eigenvalue weighted by molar-refractivity contribution is -0.974. The summed E-state index contributed by atoms with van der Waals surface area (Å²) in [6.07, 6.45) is 7.53. The number of thioether (sulfide) groups is 2. The number of aromatic nitrogens is 4. The molecule has 0 fully saturated rings. The molecule has 0 N–H and O–H groups in total. The zero-order valence-corrected chi connectivity index (χ0v) is 24.3. The number of halogens is 4. The molecule has 0 saturated carbocycles. The Morgan fingerprint density at radius 1 is 0.455 bits per heavy atom. The van der Waals surface area contributed by atoms with Gasteiger partial charge in [0.1, 0.15) is 69.0 Å². The number of hydrogen-bond donors (Lipinski definition) is 0. The van der Waals surface area contributed by atoms with Crippen molar-refractivity contribution in [2.75, 3.05) is 0 Å². The molecular weight excluding hydrogens is 605 g/mol. The Labute approximate surface area is 257 Å². The minimum absolute atomic E-state index is 0.319. The first-order valence-corrected chi connectivity index (χ1v) is 15.5. The molecule has 0 bridgehead atoms. The van der Waals surface area contributed by atoms with Gasteiger partial charge >= 0.3 is 9.99 Å². The number of benzene rings is 2. The Balaban J connectivity index is 1.44. The summed E-state index contributed by atoms with van der Waals surface area (Å²) < 4.78 is 69.6. The predicted octanol–water partition coefficient (Wildman–Crippen LogP) is 5.67. The molecule has 0 radical (unpaired) electrons. The van der Waals surface area contributed by atoms with Crippen LogP contribution in [0.2, 0.25) is 0 Å². The van der Waals surface area contributed by atoms with Gasteiger partial charge in [0.15, 0.2) is 24.8 Å². The van der Waals surface area contributed by atoms with Crippen LogP contribution in [0, 0.1) is 23.3 Å². The molecule has 0 unspecified atom stereocenters. The highest BCUT2D eigenvalue weighted by Crippen LogP contribution is 2.52. The summed E-state index contributed by atoms with van der Waals surface area (Å²) in [7, 11) is 0.